The van der Waals surface area contributed by atoms with E-state index >= 15 is 0 Å². The smallest absolute Gasteiger partial charge is 0.298 e. The molecule has 110 valence electrons. The fraction of sp³-hybridized carbons (Fsp3) is 0.500. The molecule has 1 heterocycles. The van der Waals surface area contributed by atoms with Crippen LogP contribution in [0.1, 0.15) is 6.42 Å². The van der Waals surface area contributed by atoms with Crippen molar-refractivity contribution in [3.63, 3.8) is 0 Å². The van der Waals surface area contributed by atoms with Gasteiger partial charge in [-0.1, -0.05) is 0 Å². The number of hydrogen-bond acceptors (Lipinski definition) is 6. The number of fused-ring (bicyclic) bond motifs is 1. The number of nitrogen functional groups attached to an aromatic ring is 1. The van der Waals surface area contributed by atoms with Crippen molar-refractivity contribution in [1.29, 1.82) is 0 Å². The maximum atomic E-state index is 5.78. The molecule has 0 aliphatic heterocycles. The first-order valence-corrected chi connectivity index (χ1v) is 6.63. The van der Waals surface area contributed by atoms with E-state index in [1.165, 1.54) is 0 Å². The van der Waals surface area contributed by atoms with Crippen molar-refractivity contribution in [2.24, 2.45) is 0 Å². The minimum atomic E-state index is 0.596. The van der Waals surface area contributed by atoms with E-state index in [1.54, 1.807) is 14.2 Å². The van der Waals surface area contributed by atoms with Gasteiger partial charge < -0.3 is 24.5 Å². The summed E-state index contributed by atoms with van der Waals surface area (Å²) in [6.07, 6.45) is 0.904. The molecule has 6 heteroatoms. The first-order valence-electron chi connectivity index (χ1n) is 6.63. The van der Waals surface area contributed by atoms with Gasteiger partial charge in [0.2, 0.25) is 0 Å². The number of oxazole rings is 1. The molecule has 20 heavy (non-hydrogen) atoms. The predicted molar refractivity (Wildman–Crippen MR) is 79.0 cm³/mol. The highest BCUT2D eigenvalue weighted by Crippen LogP contribution is 2.23. The zero-order valence-electron chi connectivity index (χ0n) is 12.0. The lowest BCUT2D eigenvalue weighted by atomic mass is 10.3. The van der Waals surface area contributed by atoms with Crippen molar-refractivity contribution in [3.8, 4) is 0 Å². The molecular weight excluding hydrogens is 258 g/mol. The van der Waals surface area contributed by atoms with Gasteiger partial charge in [-0.15, -0.1) is 0 Å². The number of anilines is 2. The Bertz CT molecular complexity index is 541. The number of nitrogens with two attached hydrogens (primary N) is 1. The number of rotatable bonds is 8. The number of benzene rings is 1. The van der Waals surface area contributed by atoms with E-state index < -0.39 is 0 Å². The fourth-order valence-electron chi connectivity index (χ4n) is 1.97. The van der Waals surface area contributed by atoms with Gasteiger partial charge in [0.05, 0.1) is 6.61 Å². The standard InChI is InChI=1S/C14H21N3O3/c1-18-8-3-6-17(7-9-19-2)14-16-12-10-11(15)4-5-13(12)20-14/h4-5,10H,3,6-9,15H2,1-2H3. The average Bonchev–Trinajstić information content (AvgIpc) is 2.85. The van der Waals surface area contributed by atoms with E-state index in [1.807, 2.05) is 18.2 Å². The Morgan fingerprint density at radius 3 is 2.75 bits per heavy atom. The highest BCUT2D eigenvalue weighted by atomic mass is 16.5. The molecule has 0 fully saturated rings. The summed E-state index contributed by atoms with van der Waals surface area (Å²) in [5.74, 6) is 0. The maximum Gasteiger partial charge on any atom is 0.298 e. The summed E-state index contributed by atoms with van der Waals surface area (Å²) in [6, 6.07) is 6.05. The predicted octanol–water partition coefficient (Wildman–Crippen LogP) is 1.90. The Kier molecular flexibility index (Phi) is 5.20. The molecule has 0 spiro atoms. The molecule has 0 radical (unpaired) electrons. The molecule has 0 saturated heterocycles. The molecule has 1 aromatic heterocycles. The minimum Gasteiger partial charge on any atom is -0.423 e. The van der Waals surface area contributed by atoms with Crippen molar-refractivity contribution >= 4 is 22.8 Å². The van der Waals surface area contributed by atoms with Crippen molar-refractivity contribution in [2.45, 2.75) is 6.42 Å². The third-order valence-corrected chi connectivity index (χ3v) is 3.01. The first kappa shape index (κ1) is 14.6. The van der Waals surface area contributed by atoms with Crippen LogP contribution in [0.3, 0.4) is 0 Å². The molecule has 0 unspecified atom stereocenters. The lowest BCUT2D eigenvalue weighted by molar-refractivity contribution is 0.190. The molecule has 2 aromatic rings. The molecule has 1 aromatic carbocycles. The topological polar surface area (TPSA) is 73.8 Å². The second kappa shape index (κ2) is 7.12. The van der Waals surface area contributed by atoms with E-state index in [0.29, 0.717) is 24.9 Å². The molecule has 2 rings (SSSR count). The fourth-order valence-corrected chi connectivity index (χ4v) is 1.97. The quantitative estimate of drug-likeness (QED) is 0.587. The number of hydrogen-bond donors (Lipinski definition) is 1. The molecule has 0 bridgehead atoms. The SMILES string of the molecule is COCCCN(CCOC)c1nc2cc(N)ccc2o1. The van der Waals surface area contributed by atoms with Crippen LogP contribution < -0.4 is 10.6 Å². The van der Waals surface area contributed by atoms with E-state index in [4.69, 9.17) is 19.6 Å². The molecule has 6 nitrogen and oxygen atoms in total. The van der Waals surface area contributed by atoms with E-state index in [0.717, 1.165) is 30.6 Å². The van der Waals surface area contributed by atoms with Gasteiger partial charge in [0.25, 0.3) is 6.01 Å². The Morgan fingerprint density at radius 1 is 1.20 bits per heavy atom. The van der Waals surface area contributed by atoms with Crippen LogP contribution >= 0.6 is 0 Å². The van der Waals surface area contributed by atoms with E-state index in [9.17, 15) is 0 Å². The molecule has 0 atom stereocenters. The van der Waals surface area contributed by atoms with Crippen LogP contribution in [-0.4, -0.2) is 45.5 Å². The minimum absolute atomic E-state index is 0.596. The van der Waals surface area contributed by atoms with Gasteiger partial charge in [-0.25, -0.2) is 0 Å². The summed E-state index contributed by atoms with van der Waals surface area (Å²) in [5, 5.41) is 0. The number of aromatic nitrogens is 1. The molecule has 0 amide bonds. The Hall–Kier alpha value is -1.79. The summed E-state index contributed by atoms with van der Waals surface area (Å²) in [4.78, 5) is 6.54. The van der Waals surface area contributed by atoms with Crippen molar-refractivity contribution in [3.05, 3.63) is 18.2 Å². The van der Waals surface area contributed by atoms with Gasteiger partial charge in [0.15, 0.2) is 5.58 Å². The molecule has 2 N–H and O–H groups in total. The maximum absolute atomic E-state index is 5.78. The van der Waals surface area contributed by atoms with Crippen molar-refractivity contribution < 1.29 is 13.9 Å². The van der Waals surface area contributed by atoms with Crippen LogP contribution in [0.4, 0.5) is 11.7 Å². The molecular formula is C14H21N3O3. The van der Waals surface area contributed by atoms with E-state index in [2.05, 4.69) is 9.88 Å². The van der Waals surface area contributed by atoms with Gasteiger partial charge in [-0.2, -0.15) is 4.98 Å². The zero-order valence-corrected chi connectivity index (χ0v) is 12.0. The summed E-state index contributed by atoms with van der Waals surface area (Å²) in [6.45, 7) is 2.85. The average molecular weight is 279 g/mol. The highest BCUT2D eigenvalue weighted by molar-refractivity contribution is 5.78. The largest absolute Gasteiger partial charge is 0.423 e. The molecule has 0 aliphatic rings. The monoisotopic (exact) mass is 279 g/mol. The van der Waals surface area contributed by atoms with Gasteiger partial charge in [0.1, 0.15) is 5.52 Å². The number of nitrogens with zero attached hydrogens (tertiary/aromatic N) is 2. The third-order valence-electron chi connectivity index (χ3n) is 3.01. The summed E-state index contributed by atoms with van der Waals surface area (Å²) < 4.78 is 16.0. The van der Waals surface area contributed by atoms with Crippen molar-refractivity contribution in [2.75, 3.05) is 51.2 Å². The summed E-state index contributed by atoms with van der Waals surface area (Å²) in [7, 11) is 3.38. The third kappa shape index (κ3) is 3.61. The van der Waals surface area contributed by atoms with Crippen LogP contribution in [0.15, 0.2) is 22.6 Å². The lowest BCUT2D eigenvalue weighted by Gasteiger charge is -2.19. The van der Waals surface area contributed by atoms with Gasteiger partial charge >= 0.3 is 0 Å². The van der Waals surface area contributed by atoms with E-state index in [-0.39, 0.29) is 0 Å². The zero-order chi connectivity index (χ0) is 14.4. The van der Waals surface area contributed by atoms with Crippen LogP contribution in [-0.2, 0) is 9.47 Å². The van der Waals surface area contributed by atoms with Gasteiger partial charge in [-0.3, -0.25) is 0 Å². The van der Waals surface area contributed by atoms with Crippen LogP contribution in [0.2, 0.25) is 0 Å². The van der Waals surface area contributed by atoms with Gasteiger partial charge in [-0.05, 0) is 24.6 Å². The van der Waals surface area contributed by atoms with Crippen molar-refractivity contribution in [1.82, 2.24) is 4.98 Å². The second-order valence-electron chi connectivity index (χ2n) is 4.55. The summed E-state index contributed by atoms with van der Waals surface area (Å²) >= 11 is 0. The Morgan fingerprint density at radius 2 is 2.00 bits per heavy atom. The van der Waals surface area contributed by atoms with Crippen LogP contribution in [0.25, 0.3) is 11.1 Å². The normalized spacial score (nSPS) is 11.1. The summed E-state index contributed by atoms with van der Waals surface area (Å²) in [5.41, 5.74) is 7.95. The number of ether oxygens (including phenoxy) is 2. The van der Waals surface area contributed by atoms with Crippen LogP contribution in [0, 0.1) is 0 Å². The number of methoxy groups -OCH3 is 2. The van der Waals surface area contributed by atoms with Crippen LogP contribution in [0.5, 0.6) is 0 Å². The first-order chi connectivity index (χ1) is 9.74. The lowest BCUT2D eigenvalue weighted by Crippen LogP contribution is -2.29. The van der Waals surface area contributed by atoms with Gasteiger partial charge in [0, 0.05) is 39.6 Å². The second-order valence-corrected chi connectivity index (χ2v) is 4.55. The molecule has 0 aliphatic carbocycles. The Labute approximate surface area is 118 Å². The Balaban J connectivity index is 2.15. The highest BCUT2D eigenvalue weighted by Gasteiger charge is 2.13. The molecule has 0 saturated carbocycles.